The maximum absolute atomic E-state index is 12.3. The van der Waals surface area contributed by atoms with Crippen LogP contribution in [0.15, 0.2) is 59.0 Å². The maximum Gasteiger partial charge on any atom is 0.311 e. The van der Waals surface area contributed by atoms with Crippen molar-refractivity contribution in [2.24, 2.45) is 0 Å². The normalized spacial score (nSPS) is 10.1. The molecule has 0 fully saturated rings. The molecule has 0 saturated carbocycles. The van der Waals surface area contributed by atoms with Crippen molar-refractivity contribution in [3.05, 3.63) is 87.4 Å². The van der Waals surface area contributed by atoms with Gasteiger partial charge in [-0.3, -0.25) is 14.9 Å². The minimum Gasteiger partial charge on any atom is -0.479 e. The number of nitriles is 1. The molecule has 8 nitrogen and oxygen atoms in total. The number of para-hydroxylation sites is 1. The number of hydrogen-bond donors (Lipinski definition) is 1. The second-order valence-electron chi connectivity index (χ2n) is 5.89. The number of hydrogen-bond acceptors (Lipinski definition) is 6. The number of rotatable bonds is 6. The fraction of sp³-hybridized carbons (Fsp3) is 0.100. The Labute approximate surface area is 160 Å². The van der Waals surface area contributed by atoms with E-state index < -0.39 is 10.8 Å². The first-order valence-electron chi connectivity index (χ1n) is 8.25. The average Bonchev–Trinajstić information content (AvgIpc) is 3.16. The first kappa shape index (κ1) is 18.7. The zero-order valence-electron chi connectivity index (χ0n) is 14.8. The van der Waals surface area contributed by atoms with E-state index in [0.29, 0.717) is 17.0 Å². The van der Waals surface area contributed by atoms with E-state index in [-0.39, 0.29) is 23.8 Å². The van der Waals surface area contributed by atoms with Crippen LogP contribution in [0.4, 0.5) is 11.4 Å². The molecule has 1 N–H and O–H groups in total. The standard InChI is InChI=1S/C20H15N3O5/c1-13-6-8-18(17(10-13)23(25)26)27-12-15-7-9-19(28-15)20(24)22-16-5-3-2-4-14(16)11-21/h2-10H,12H2,1H3,(H,22,24). The van der Waals surface area contributed by atoms with Crippen LogP contribution >= 0.6 is 0 Å². The van der Waals surface area contributed by atoms with E-state index in [1.807, 2.05) is 6.07 Å². The molecule has 1 amide bonds. The number of anilines is 1. The van der Waals surface area contributed by atoms with Crippen molar-refractivity contribution < 1.29 is 18.9 Å². The van der Waals surface area contributed by atoms with Gasteiger partial charge in [0.25, 0.3) is 5.91 Å². The lowest BCUT2D eigenvalue weighted by atomic mass is 10.2. The van der Waals surface area contributed by atoms with E-state index >= 15 is 0 Å². The topological polar surface area (TPSA) is 118 Å². The van der Waals surface area contributed by atoms with E-state index in [4.69, 9.17) is 14.4 Å². The van der Waals surface area contributed by atoms with Crippen molar-refractivity contribution >= 4 is 17.3 Å². The summed E-state index contributed by atoms with van der Waals surface area (Å²) >= 11 is 0. The molecule has 1 aromatic heterocycles. The molecule has 0 atom stereocenters. The van der Waals surface area contributed by atoms with E-state index in [1.54, 1.807) is 43.3 Å². The molecule has 28 heavy (non-hydrogen) atoms. The Balaban J connectivity index is 1.69. The van der Waals surface area contributed by atoms with Gasteiger partial charge in [-0.25, -0.2) is 0 Å². The number of furan rings is 1. The number of nitro groups is 1. The van der Waals surface area contributed by atoms with Gasteiger partial charge in [0.15, 0.2) is 11.5 Å². The van der Waals surface area contributed by atoms with Crippen molar-refractivity contribution in [2.45, 2.75) is 13.5 Å². The molecule has 0 saturated heterocycles. The van der Waals surface area contributed by atoms with Crippen LogP contribution < -0.4 is 10.1 Å². The summed E-state index contributed by atoms with van der Waals surface area (Å²) in [5, 5.41) is 22.8. The molecule has 0 aliphatic rings. The zero-order valence-corrected chi connectivity index (χ0v) is 14.8. The maximum atomic E-state index is 12.3. The third kappa shape index (κ3) is 4.16. The summed E-state index contributed by atoms with van der Waals surface area (Å²) in [7, 11) is 0. The Morgan fingerprint density at radius 2 is 2.04 bits per heavy atom. The lowest BCUT2D eigenvalue weighted by Crippen LogP contribution is -2.11. The van der Waals surface area contributed by atoms with E-state index in [2.05, 4.69) is 5.32 Å². The molecule has 0 bridgehead atoms. The van der Waals surface area contributed by atoms with Gasteiger partial charge >= 0.3 is 5.69 Å². The molecule has 3 aromatic rings. The van der Waals surface area contributed by atoms with Gasteiger partial charge < -0.3 is 14.5 Å². The summed E-state index contributed by atoms with van der Waals surface area (Å²) in [5.74, 6) is -0.0467. The highest BCUT2D eigenvalue weighted by atomic mass is 16.6. The molecule has 2 aromatic carbocycles. The first-order chi connectivity index (χ1) is 13.5. The minimum atomic E-state index is -0.518. The Morgan fingerprint density at radius 3 is 2.79 bits per heavy atom. The van der Waals surface area contributed by atoms with Crippen LogP contribution in [0, 0.1) is 28.4 Å². The van der Waals surface area contributed by atoms with Crippen molar-refractivity contribution in [1.29, 1.82) is 5.26 Å². The number of aryl methyl sites for hydroxylation is 1. The van der Waals surface area contributed by atoms with Crippen LogP contribution in [0.2, 0.25) is 0 Å². The van der Waals surface area contributed by atoms with Crippen molar-refractivity contribution in [1.82, 2.24) is 0 Å². The molecular weight excluding hydrogens is 362 g/mol. The largest absolute Gasteiger partial charge is 0.479 e. The number of amides is 1. The number of nitrogens with zero attached hydrogens (tertiary/aromatic N) is 2. The lowest BCUT2D eigenvalue weighted by Gasteiger charge is -2.06. The van der Waals surface area contributed by atoms with Gasteiger partial charge in [0.2, 0.25) is 0 Å². The molecule has 0 aliphatic carbocycles. The van der Waals surface area contributed by atoms with Gasteiger partial charge in [-0.1, -0.05) is 18.2 Å². The Kier molecular flexibility index (Phi) is 5.37. The molecule has 0 aliphatic heterocycles. The summed E-state index contributed by atoms with van der Waals surface area (Å²) in [6.45, 7) is 1.67. The fourth-order valence-corrected chi connectivity index (χ4v) is 2.49. The van der Waals surface area contributed by atoms with Gasteiger partial charge in [-0.2, -0.15) is 5.26 Å². The van der Waals surface area contributed by atoms with Gasteiger partial charge in [0, 0.05) is 6.07 Å². The zero-order chi connectivity index (χ0) is 20.1. The molecule has 140 valence electrons. The third-order valence-electron chi connectivity index (χ3n) is 3.86. The minimum absolute atomic E-state index is 0.0322. The monoisotopic (exact) mass is 377 g/mol. The summed E-state index contributed by atoms with van der Waals surface area (Å²) in [6, 6.07) is 16.2. The fourth-order valence-electron chi connectivity index (χ4n) is 2.49. The van der Waals surface area contributed by atoms with Crippen LogP contribution in [0.1, 0.15) is 27.4 Å². The SMILES string of the molecule is Cc1ccc(OCc2ccc(C(=O)Nc3ccccc3C#N)o2)c([N+](=O)[O-])c1. The lowest BCUT2D eigenvalue weighted by molar-refractivity contribution is -0.386. The van der Waals surface area contributed by atoms with Gasteiger partial charge in [-0.15, -0.1) is 0 Å². The first-order valence-corrected chi connectivity index (χ1v) is 8.25. The molecule has 0 radical (unpaired) electrons. The van der Waals surface area contributed by atoms with Crippen LogP contribution in [0.25, 0.3) is 0 Å². The third-order valence-corrected chi connectivity index (χ3v) is 3.86. The molecule has 1 heterocycles. The van der Waals surface area contributed by atoms with Crippen LogP contribution in [-0.4, -0.2) is 10.8 Å². The smallest absolute Gasteiger partial charge is 0.311 e. The molecule has 3 rings (SSSR count). The molecule has 8 heteroatoms. The van der Waals surface area contributed by atoms with Gasteiger partial charge in [0.1, 0.15) is 18.4 Å². The quantitative estimate of drug-likeness (QED) is 0.508. The molecule has 0 spiro atoms. The second-order valence-corrected chi connectivity index (χ2v) is 5.89. The van der Waals surface area contributed by atoms with E-state index in [9.17, 15) is 14.9 Å². The number of carbonyl (C=O) groups is 1. The summed E-state index contributed by atoms with van der Waals surface area (Å²) in [5.41, 5.74) is 1.31. The summed E-state index contributed by atoms with van der Waals surface area (Å²) < 4.78 is 10.9. The highest BCUT2D eigenvalue weighted by Gasteiger charge is 2.17. The Morgan fingerprint density at radius 1 is 1.25 bits per heavy atom. The van der Waals surface area contributed by atoms with E-state index in [0.717, 1.165) is 5.56 Å². The molecular formula is C20H15N3O5. The number of carbonyl (C=O) groups excluding carboxylic acids is 1. The summed E-state index contributed by atoms with van der Waals surface area (Å²) in [6.07, 6.45) is 0. The number of nitro benzene ring substituents is 1. The van der Waals surface area contributed by atoms with Crippen molar-refractivity contribution in [3.63, 3.8) is 0 Å². The number of ether oxygens (including phenoxy) is 1. The van der Waals surface area contributed by atoms with Crippen LogP contribution in [0.5, 0.6) is 5.75 Å². The average molecular weight is 377 g/mol. The Bertz CT molecular complexity index is 1080. The van der Waals surface area contributed by atoms with Crippen molar-refractivity contribution in [3.8, 4) is 11.8 Å². The van der Waals surface area contributed by atoms with Gasteiger partial charge in [0.05, 0.1) is 16.2 Å². The van der Waals surface area contributed by atoms with Gasteiger partial charge in [-0.05, 0) is 42.8 Å². The van der Waals surface area contributed by atoms with Crippen LogP contribution in [0.3, 0.4) is 0 Å². The second kappa shape index (κ2) is 8.05. The predicted molar refractivity (Wildman–Crippen MR) is 100.0 cm³/mol. The highest BCUT2D eigenvalue weighted by molar-refractivity contribution is 6.03. The van der Waals surface area contributed by atoms with Crippen molar-refractivity contribution in [2.75, 3.05) is 5.32 Å². The Hall–Kier alpha value is -4.12. The molecule has 0 unspecified atom stereocenters. The van der Waals surface area contributed by atoms with E-state index in [1.165, 1.54) is 18.2 Å². The van der Waals surface area contributed by atoms with Crippen LogP contribution in [-0.2, 0) is 6.61 Å². The number of benzene rings is 2. The predicted octanol–water partition coefficient (Wildman–Crippen LogP) is 4.20. The highest BCUT2D eigenvalue weighted by Crippen LogP contribution is 2.28. The summed E-state index contributed by atoms with van der Waals surface area (Å²) in [4.78, 5) is 22.9. The number of nitrogens with one attached hydrogen (secondary N) is 1.